The Bertz CT molecular complexity index is 801. The monoisotopic (exact) mass is 442 g/mol. The van der Waals surface area contributed by atoms with Crippen molar-refractivity contribution >= 4 is 50.8 Å². The van der Waals surface area contributed by atoms with Gasteiger partial charge in [0.25, 0.3) is 5.91 Å². The quantitative estimate of drug-likeness (QED) is 0.659. The van der Waals surface area contributed by atoms with Gasteiger partial charge in [-0.05, 0) is 53.3 Å². The molecular formula is C17H16BrClN2O3S. The highest BCUT2D eigenvalue weighted by Crippen LogP contribution is 2.37. The SMILES string of the molecule is CCOc1cc(C(=O)NC(N)=S)cc(Br)c1OCc1ccccc1Cl. The zero-order valence-electron chi connectivity index (χ0n) is 13.3. The molecule has 0 aromatic heterocycles. The van der Waals surface area contributed by atoms with Crippen molar-refractivity contribution in [3.63, 3.8) is 0 Å². The number of hydrogen-bond donors (Lipinski definition) is 2. The van der Waals surface area contributed by atoms with Crippen molar-refractivity contribution in [2.75, 3.05) is 6.61 Å². The smallest absolute Gasteiger partial charge is 0.257 e. The van der Waals surface area contributed by atoms with E-state index in [-0.39, 0.29) is 11.7 Å². The number of amides is 1. The number of ether oxygens (including phenoxy) is 2. The molecule has 0 atom stereocenters. The molecule has 3 N–H and O–H groups in total. The highest BCUT2D eigenvalue weighted by molar-refractivity contribution is 9.10. The molecule has 25 heavy (non-hydrogen) atoms. The maximum Gasteiger partial charge on any atom is 0.257 e. The zero-order valence-corrected chi connectivity index (χ0v) is 16.5. The Labute approximate surface area is 164 Å². The largest absolute Gasteiger partial charge is 0.490 e. The molecule has 0 aliphatic carbocycles. The van der Waals surface area contributed by atoms with Crippen molar-refractivity contribution in [2.24, 2.45) is 5.73 Å². The Morgan fingerprint density at radius 3 is 2.68 bits per heavy atom. The minimum atomic E-state index is -0.424. The summed E-state index contributed by atoms with van der Waals surface area (Å²) in [5.41, 5.74) is 6.52. The summed E-state index contributed by atoms with van der Waals surface area (Å²) in [5, 5.41) is 2.89. The van der Waals surface area contributed by atoms with E-state index in [1.54, 1.807) is 18.2 Å². The normalized spacial score (nSPS) is 10.2. The molecule has 0 saturated carbocycles. The average Bonchev–Trinajstić information content (AvgIpc) is 2.55. The molecule has 0 heterocycles. The predicted molar refractivity (Wildman–Crippen MR) is 105 cm³/mol. The van der Waals surface area contributed by atoms with Gasteiger partial charge in [-0.1, -0.05) is 29.8 Å². The van der Waals surface area contributed by atoms with E-state index in [1.165, 1.54) is 0 Å². The third-order valence-corrected chi connectivity index (χ3v) is 4.20. The molecule has 1 amide bonds. The van der Waals surface area contributed by atoms with Gasteiger partial charge in [0.1, 0.15) is 6.61 Å². The lowest BCUT2D eigenvalue weighted by Crippen LogP contribution is -2.34. The Morgan fingerprint density at radius 2 is 2.04 bits per heavy atom. The van der Waals surface area contributed by atoms with Crippen molar-refractivity contribution in [3.8, 4) is 11.5 Å². The fourth-order valence-corrected chi connectivity index (χ4v) is 2.89. The van der Waals surface area contributed by atoms with E-state index < -0.39 is 5.91 Å². The lowest BCUT2D eigenvalue weighted by molar-refractivity contribution is 0.0977. The van der Waals surface area contributed by atoms with Gasteiger partial charge < -0.3 is 15.2 Å². The van der Waals surface area contributed by atoms with Gasteiger partial charge in [-0.25, -0.2) is 0 Å². The molecule has 0 unspecified atom stereocenters. The molecule has 0 bridgehead atoms. The van der Waals surface area contributed by atoms with Crippen molar-refractivity contribution in [1.82, 2.24) is 5.32 Å². The number of nitrogens with two attached hydrogens (primary N) is 1. The summed E-state index contributed by atoms with van der Waals surface area (Å²) in [6.45, 7) is 2.51. The van der Waals surface area contributed by atoms with E-state index in [4.69, 9.17) is 26.8 Å². The molecule has 0 spiro atoms. The van der Waals surface area contributed by atoms with Crippen molar-refractivity contribution in [1.29, 1.82) is 0 Å². The van der Waals surface area contributed by atoms with Gasteiger partial charge in [0.05, 0.1) is 11.1 Å². The number of nitrogens with one attached hydrogen (secondary N) is 1. The van der Waals surface area contributed by atoms with E-state index in [1.807, 2.05) is 25.1 Å². The van der Waals surface area contributed by atoms with Crippen LogP contribution in [0.3, 0.4) is 0 Å². The van der Waals surface area contributed by atoms with Crippen LogP contribution in [0.1, 0.15) is 22.8 Å². The molecule has 0 saturated heterocycles. The second kappa shape index (κ2) is 9.03. The topological polar surface area (TPSA) is 73.6 Å². The maximum atomic E-state index is 12.1. The van der Waals surface area contributed by atoms with Crippen molar-refractivity contribution < 1.29 is 14.3 Å². The Morgan fingerprint density at radius 1 is 1.32 bits per heavy atom. The number of carbonyl (C=O) groups is 1. The molecule has 0 radical (unpaired) electrons. The summed E-state index contributed by atoms with van der Waals surface area (Å²) in [6, 6.07) is 10.6. The van der Waals surface area contributed by atoms with Crippen LogP contribution in [0.5, 0.6) is 11.5 Å². The van der Waals surface area contributed by atoms with Gasteiger partial charge >= 0.3 is 0 Å². The van der Waals surface area contributed by atoms with Crippen molar-refractivity contribution in [3.05, 3.63) is 57.0 Å². The Balaban J connectivity index is 2.29. The standard InChI is InChI=1S/C17H16BrClN2O3S/c1-2-23-14-8-11(16(22)21-17(20)25)7-12(18)15(14)24-9-10-5-3-4-6-13(10)19/h3-8H,2,9H2,1H3,(H3,20,21,22,25). The van der Waals surface area contributed by atoms with Crippen LogP contribution < -0.4 is 20.5 Å². The molecule has 5 nitrogen and oxygen atoms in total. The Kier molecular flexibility index (Phi) is 7.04. The number of benzene rings is 2. The van der Waals surface area contributed by atoms with Crippen LogP contribution in [0.4, 0.5) is 0 Å². The number of thiocarbonyl (C=S) groups is 1. The minimum absolute atomic E-state index is 0.0990. The third-order valence-electron chi connectivity index (χ3n) is 3.14. The van der Waals surface area contributed by atoms with Gasteiger partial charge in [0, 0.05) is 16.1 Å². The van der Waals surface area contributed by atoms with E-state index in [0.717, 1.165) is 5.56 Å². The van der Waals surface area contributed by atoms with Crippen LogP contribution in [0, 0.1) is 0 Å². The summed E-state index contributed by atoms with van der Waals surface area (Å²) < 4.78 is 12.0. The molecule has 8 heteroatoms. The summed E-state index contributed by atoms with van der Waals surface area (Å²) in [4.78, 5) is 12.1. The average molecular weight is 444 g/mol. The fraction of sp³-hybridized carbons (Fsp3) is 0.176. The highest BCUT2D eigenvalue weighted by atomic mass is 79.9. The van der Waals surface area contributed by atoms with Crippen LogP contribution in [0.25, 0.3) is 0 Å². The maximum absolute atomic E-state index is 12.1. The van der Waals surface area contributed by atoms with Crippen LogP contribution in [-0.4, -0.2) is 17.6 Å². The molecule has 132 valence electrons. The zero-order chi connectivity index (χ0) is 18.4. The predicted octanol–water partition coefficient (Wildman–Crippen LogP) is 4.05. The third kappa shape index (κ3) is 5.32. The molecule has 0 aliphatic rings. The molecular weight excluding hydrogens is 428 g/mol. The van der Waals surface area contributed by atoms with Gasteiger partial charge in [0.2, 0.25) is 0 Å². The first-order chi connectivity index (χ1) is 11.9. The fourth-order valence-electron chi connectivity index (χ4n) is 2.05. The highest BCUT2D eigenvalue weighted by Gasteiger charge is 2.17. The van der Waals surface area contributed by atoms with Gasteiger partial charge in [-0.2, -0.15) is 0 Å². The van der Waals surface area contributed by atoms with Gasteiger partial charge in [-0.3, -0.25) is 10.1 Å². The number of halogens is 2. The summed E-state index contributed by atoms with van der Waals surface area (Å²) in [7, 11) is 0. The molecule has 2 aromatic rings. The second-order valence-corrected chi connectivity index (χ2v) is 6.62. The van der Waals surface area contributed by atoms with E-state index in [9.17, 15) is 4.79 Å². The van der Waals surface area contributed by atoms with E-state index in [2.05, 4.69) is 33.5 Å². The first kappa shape index (κ1) is 19.5. The van der Waals surface area contributed by atoms with E-state index in [0.29, 0.717) is 33.2 Å². The first-order valence-electron chi connectivity index (χ1n) is 7.35. The summed E-state index contributed by atoms with van der Waals surface area (Å²) in [5.74, 6) is 0.484. The number of hydrogen-bond acceptors (Lipinski definition) is 4. The first-order valence-corrected chi connectivity index (χ1v) is 8.93. The second-order valence-electron chi connectivity index (χ2n) is 4.92. The van der Waals surface area contributed by atoms with Crippen LogP contribution >= 0.6 is 39.7 Å². The van der Waals surface area contributed by atoms with Crippen LogP contribution in [-0.2, 0) is 6.61 Å². The number of rotatable bonds is 6. The van der Waals surface area contributed by atoms with Gasteiger partial charge in [-0.15, -0.1) is 0 Å². The minimum Gasteiger partial charge on any atom is -0.490 e. The molecule has 2 aromatic carbocycles. The van der Waals surface area contributed by atoms with E-state index >= 15 is 0 Å². The number of carbonyl (C=O) groups excluding carboxylic acids is 1. The van der Waals surface area contributed by atoms with Crippen molar-refractivity contribution in [2.45, 2.75) is 13.5 Å². The summed E-state index contributed by atoms with van der Waals surface area (Å²) >= 11 is 14.2. The van der Waals surface area contributed by atoms with Crippen LogP contribution in [0.2, 0.25) is 5.02 Å². The molecule has 0 aliphatic heterocycles. The lowest BCUT2D eigenvalue weighted by Gasteiger charge is -2.16. The molecule has 2 rings (SSSR count). The van der Waals surface area contributed by atoms with Crippen LogP contribution in [0.15, 0.2) is 40.9 Å². The Hall–Kier alpha value is -1.83. The summed E-state index contributed by atoms with van der Waals surface area (Å²) in [6.07, 6.45) is 0. The lowest BCUT2D eigenvalue weighted by atomic mass is 10.2. The molecule has 0 fully saturated rings. The van der Waals surface area contributed by atoms with Gasteiger partial charge in [0.15, 0.2) is 16.6 Å².